The summed E-state index contributed by atoms with van der Waals surface area (Å²) in [6.45, 7) is 2.73. The molecule has 0 spiro atoms. The van der Waals surface area contributed by atoms with Crippen LogP contribution in [-0.4, -0.2) is 36.4 Å². The van der Waals surface area contributed by atoms with Crippen LogP contribution in [0.4, 0.5) is 0 Å². The van der Waals surface area contributed by atoms with Crippen molar-refractivity contribution < 1.29 is 14.6 Å². The minimum Gasteiger partial charge on any atom is -0.395 e. The number of nitrogens with one attached hydrogen (secondary N) is 1. The van der Waals surface area contributed by atoms with E-state index >= 15 is 0 Å². The zero-order chi connectivity index (χ0) is 13.7. The molecule has 0 aliphatic carbocycles. The highest BCUT2D eigenvalue weighted by molar-refractivity contribution is 7.10. The van der Waals surface area contributed by atoms with E-state index in [1.165, 1.54) is 11.3 Å². The highest BCUT2D eigenvalue weighted by Crippen LogP contribution is 2.16. The van der Waals surface area contributed by atoms with Gasteiger partial charge in [0.25, 0.3) is 5.91 Å². The second-order valence-corrected chi connectivity index (χ2v) is 5.33. The van der Waals surface area contributed by atoms with Crippen LogP contribution in [0.1, 0.15) is 35.0 Å². The lowest BCUT2D eigenvalue weighted by Crippen LogP contribution is -2.38. The van der Waals surface area contributed by atoms with E-state index in [4.69, 9.17) is 9.84 Å². The summed E-state index contributed by atoms with van der Waals surface area (Å²) in [7, 11) is 0. The minimum absolute atomic E-state index is 0.0608. The highest BCUT2D eigenvalue weighted by Gasteiger charge is 2.26. The van der Waals surface area contributed by atoms with Gasteiger partial charge in [0.15, 0.2) is 0 Å². The molecule has 1 aromatic rings. The first-order valence-corrected chi connectivity index (χ1v) is 7.19. The van der Waals surface area contributed by atoms with Gasteiger partial charge in [-0.1, -0.05) is 11.8 Å². The number of hydrogen-bond donors (Lipinski definition) is 2. The van der Waals surface area contributed by atoms with Gasteiger partial charge in [-0.25, -0.2) is 0 Å². The quantitative estimate of drug-likeness (QED) is 0.822. The topological polar surface area (TPSA) is 58.6 Å². The van der Waals surface area contributed by atoms with E-state index in [9.17, 15) is 4.79 Å². The normalized spacial score (nSPS) is 21.8. The van der Waals surface area contributed by atoms with Gasteiger partial charge >= 0.3 is 0 Å². The SMILES string of the molecule is CC1OCCC1NC(=O)c1csc(C#CCCO)c1. The maximum atomic E-state index is 12.0. The number of ether oxygens (including phenoxy) is 1. The summed E-state index contributed by atoms with van der Waals surface area (Å²) in [5.41, 5.74) is 0.636. The smallest absolute Gasteiger partial charge is 0.252 e. The Morgan fingerprint density at radius 2 is 2.53 bits per heavy atom. The molecule has 2 unspecified atom stereocenters. The fourth-order valence-electron chi connectivity index (χ4n) is 1.90. The molecule has 1 aliphatic rings. The average molecular weight is 279 g/mol. The summed E-state index contributed by atoms with van der Waals surface area (Å²) >= 11 is 1.44. The van der Waals surface area contributed by atoms with E-state index in [2.05, 4.69) is 17.2 Å². The molecule has 0 bridgehead atoms. The van der Waals surface area contributed by atoms with Crippen LogP contribution in [-0.2, 0) is 4.74 Å². The third-order valence-corrected chi connectivity index (χ3v) is 3.85. The van der Waals surface area contributed by atoms with E-state index in [1.54, 1.807) is 11.4 Å². The highest BCUT2D eigenvalue weighted by atomic mass is 32.1. The van der Waals surface area contributed by atoms with Crippen LogP contribution in [0.3, 0.4) is 0 Å². The maximum Gasteiger partial charge on any atom is 0.252 e. The van der Waals surface area contributed by atoms with Crippen LogP contribution in [0.5, 0.6) is 0 Å². The molecule has 4 nitrogen and oxygen atoms in total. The number of hydrogen-bond acceptors (Lipinski definition) is 4. The van der Waals surface area contributed by atoms with E-state index in [1.807, 2.05) is 6.92 Å². The fraction of sp³-hybridized carbons (Fsp3) is 0.500. The first kappa shape index (κ1) is 14.1. The molecule has 0 saturated carbocycles. The van der Waals surface area contributed by atoms with E-state index in [-0.39, 0.29) is 24.7 Å². The van der Waals surface area contributed by atoms with Gasteiger partial charge in [-0.3, -0.25) is 4.79 Å². The number of thiophene rings is 1. The molecule has 2 rings (SSSR count). The van der Waals surface area contributed by atoms with Gasteiger partial charge in [0.05, 0.1) is 29.2 Å². The van der Waals surface area contributed by atoms with Crippen LogP contribution in [0.25, 0.3) is 0 Å². The van der Waals surface area contributed by atoms with Crippen molar-refractivity contribution >= 4 is 17.2 Å². The molecule has 1 amide bonds. The summed E-state index contributed by atoms with van der Waals surface area (Å²) in [6.07, 6.45) is 1.39. The van der Waals surface area contributed by atoms with Gasteiger partial charge in [0, 0.05) is 18.4 Å². The minimum atomic E-state index is -0.0752. The number of aliphatic hydroxyl groups is 1. The second-order valence-electron chi connectivity index (χ2n) is 4.42. The zero-order valence-electron chi connectivity index (χ0n) is 10.8. The lowest BCUT2D eigenvalue weighted by molar-refractivity contribution is 0.0866. The van der Waals surface area contributed by atoms with Crippen molar-refractivity contribution in [3.05, 3.63) is 21.9 Å². The standard InChI is InChI=1S/C14H17NO3S/c1-10-13(5-7-18-10)15-14(17)11-8-12(19-9-11)4-2-3-6-16/h8-10,13,16H,3,5-7H2,1H3,(H,15,17). The van der Waals surface area contributed by atoms with E-state index in [0.29, 0.717) is 18.6 Å². The molecule has 2 atom stereocenters. The first-order chi connectivity index (χ1) is 9.20. The first-order valence-electron chi connectivity index (χ1n) is 6.31. The molecule has 1 aromatic heterocycles. The predicted molar refractivity (Wildman–Crippen MR) is 74.2 cm³/mol. The molecule has 2 N–H and O–H groups in total. The summed E-state index contributed by atoms with van der Waals surface area (Å²) in [5, 5.41) is 13.4. The zero-order valence-corrected chi connectivity index (χ0v) is 11.6. The van der Waals surface area contributed by atoms with Crippen LogP contribution in [0, 0.1) is 11.8 Å². The third kappa shape index (κ3) is 3.80. The van der Waals surface area contributed by atoms with Crippen molar-refractivity contribution in [1.82, 2.24) is 5.32 Å². The lowest BCUT2D eigenvalue weighted by atomic mass is 10.1. The molecule has 102 valence electrons. The van der Waals surface area contributed by atoms with E-state index < -0.39 is 0 Å². The monoisotopic (exact) mass is 279 g/mol. The Hall–Kier alpha value is -1.35. The molecule has 1 aliphatic heterocycles. The molecular weight excluding hydrogens is 262 g/mol. The number of amides is 1. The number of carbonyl (C=O) groups is 1. The largest absolute Gasteiger partial charge is 0.395 e. The van der Waals surface area contributed by atoms with Crippen LogP contribution < -0.4 is 5.32 Å². The number of rotatable bonds is 3. The lowest BCUT2D eigenvalue weighted by Gasteiger charge is -2.15. The molecule has 5 heteroatoms. The second kappa shape index (κ2) is 6.71. The van der Waals surface area contributed by atoms with Gasteiger partial charge < -0.3 is 15.2 Å². The van der Waals surface area contributed by atoms with Crippen LogP contribution in [0.2, 0.25) is 0 Å². The van der Waals surface area contributed by atoms with Crippen molar-refractivity contribution in [3.8, 4) is 11.8 Å². The third-order valence-electron chi connectivity index (χ3n) is 3.00. The Morgan fingerprint density at radius 1 is 1.68 bits per heavy atom. The van der Waals surface area contributed by atoms with Crippen molar-refractivity contribution in [3.63, 3.8) is 0 Å². The Kier molecular flexibility index (Phi) is 4.97. The number of aliphatic hydroxyl groups excluding tert-OH is 1. The van der Waals surface area contributed by atoms with Gasteiger partial charge in [-0.2, -0.15) is 0 Å². The summed E-state index contributed by atoms with van der Waals surface area (Å²) in [5.74, 6) is 5.69. The van der Waals surface area contributed by atoms with Crippen molar-refractivity contribution in [2.45, 2.75) is 31.9 Å². The summed E-state index contributed by atoms with van der Waals surface area (Å²) < 4.78 is 5.41. The van der Waals surface area contributed by atoms with Gasteiger partial charge in [-0.05, 0) is 19.4 Å². The molecule has 0 radical (unpaired) electrons. The van der Waals surface area contributed by atoms with Gasteiger partial charge in [0.1, 0.15) is 0 Å². The van der Waals surface area contributed by atoms with Crippen molar-refractivity contribution in [2.75, 3.05) is 13.2 Å². The average Bonchev–Trinajstić information content (AvgIpc) is 3.00. The molecule has 19 heavy (non-hydrogen) atoms. The molecule has 0 aromatic carbocycles. The molecule has 1 fully saturated rings. The fourth-order valence-corrected chi connectivity index (χ4v) is 2.65. The molecule has 1 saturated heterocycles. The van der Waals surface area contributed by atoms with Gasteiger partial charge in [-0.15, -0.1) is 11.3 Å². The van der Waals surface area contributed by atoms with Gasteiger partial charge in [0.2, 0.25) is 0 Å². The Morgan fingerprint density at radius 3 is 3.21 bits per heavy atom. The Balaban J connectivity index is 1.94. The van der Waals surface area contributed by atoms with Crippen LogP contribution >= 0.6 is 11.3 Å². The van der Waals surface area contributed by atoms with Crippen molar-refractivity contribution in [1.29, 1.82) is 0 Å². The molecule has 2 heterocycles. The Bertz CT molecular complexity index is 500. The Labute approximate surface area is 116 Å². The predicted octanol–water partition coefficient (Wildman–Crippen LogP) is 1.39. The summed E-state index contributed by atoms with van der Waals surface area (Å²) in [4.78, 5) is 12.9. The maximum absolute atomic E-state index is 12.0. The van der Waals surface area contributed by atoms with E-state index in [0.717, 1.165) is 11.3 Å². The molecular formula is C14H17NO3S. The number of carbonyl (C=O) groups excluding carboxylic acids is 1. The van der Waals surface area contributed by atoms with Crippen LogP contribution in [0.15, 0.2) is 11.4 Å². The summed E-state index contributed by atoms with van der Waals surface area (Å²) in [6, 6.07) is 1.88. The van der Waals surface area contributed by atoms with Crippen molar-refractivity contribution in [2.24, 2.45) is 0 Å².